The van der Waals surface area contributed by atoms with Crippen LogP contribution in [0.15, 0.2) is 83.9 Å². The number of hydrogen-bond acceptors (Lipinski definition) is 11. The highest BCUT2D eigenvalue weighted by Crippen LogP contribution is 2.27. The fraction of sp³-hybridized carbons (Fsp3) is 0.385. The Balaban J connectivity index is 1.01. The number of nitrogens with zero attached hydrogens (tertiary/aromatic N) is 4. The standard InChI is InChI=1S/C39H49N9O4S/c1-26-24-40-38(45-36(26)42-30-10-7-11-33(23-30)53(51,52)46-39(2,3)4)43-28-12-14-32(15-13-28)48-20-18-31(19-21-48)47(5)25-27-8-6-9-29(22-27)41-34-16-17-35(49)44-37(34)50/h6-15,22-24,31,34,41,46H,16-21,25H2,1-5H3,(H,44,49,50)(H2,40,42,43,45). The first-order valence-corrected chi connectivity index (χ1v) is 19.5. The van der Waals surface area contributed by atoms with Gasteiger partial charge in [-0.1, -0.05) is 18.2 Å². The number of benzene rings is 3. The number of nitrogens with one attached hydrogen (secondary N) is 5. The third-order valence-electron chi connectivity index (χ3n) is 9.33. The zero-order chi connectivity index (χ0) is 37.8. The van der Waals surface area contributed by atoms with Crippen LogP contribution in [0.4, 0.5) is 34.5 Å². The van der Waals surface area contributed by atoms with Crippen molar-refractivity contribution in [1.29, 1.82) is 0 Å². The van der Waals surface area contributed by atoms with Crippen molar-refractivity contribution in [3.8, 4) is 0 Å². The number of aromatic nitrogens is 2. The number of carbonyl (C=O) groups is 2. The molecule has 4 aromatic rings. The SMILES string of the molecule is Cc1cnc(Nc2ccc(N3CCC(N(C)Cc4cccc(NC5CCC(=O)NC5=O)c4)CC3)cc2)nc1Nc1cccc(S(=O)(=O)NC(C)(C)C)c1. The number of aryl methyl sites for hydroxylation is 1. The lowest BCUT2D eigenvalue weighted by atomic mass is 10.0. The number of piperidine rings is 2. The predicted octanol–water partition coefficient (Wildman–Crippen LogP) is 5.67. The van der Waals surface area contributed by atoms with Gasteiger partial charge in [-0.05, 0) is 114 Å². The number of imide groups is 1. The number of carbonyl (C=O) groups excluding carboxylic acids is 2. The second kappa shape index (κ2) is 15.9. The maximum atomic E-state index is 12.9. The number of amides is 2. The van der Waals surface area contributed by atoms with Crippen LogP contribution in [0.2, 0.25) is 0 Å². The molecule has 14 heteroatoms. The molecule has 0 bridgehead atoms. The molecule has 13 nitrogen and oxygen atoms in total. The Morgan fingerprint density at radius 1 is 0.906 bits per heavy atom. The van der Waals surface area contributed by atoms with Gasteiger partial charge in [-0.15, -0.1) is 0 Å². The lowest BCUT2D eigenvalue weighted by Crippen LogP contribution is -2.47. The molecule has 2 fully saturated rings. The third kappa shape index (κ3) is 10.1. The van der Waals surface area contributed by atoms with Crippen LogP contribution in [0.5, 0.6) is 0 Å². The zero-order valence-electron chi connectivity index (χ0n) is 30.9. The van der Waals surface area contributed by atoms with Crippen LogP contribution in [0.3, 0.4) is 0 Å². The molecule has 0 saturated carbocycles. The molecule has 1 aromatic heterocycles. The summed E-state index contributed by atoms with van der Waals surface area (Å²) in [5.41, 5.74) is 4.88. The van der Waals surface area contributed by atoms with Crippen molar-refractivity contribution in [1.82, 2.24) is 24.9 Å². The number of anilines is 6. The van der Waals surface area contributed by atoms with Gasteiger partial charge in [-0.3, -0.25) is 19.8 Å². The minimum atomic E-state index is -3.69. The van der Waals surface area contributed by atoms with Crippen LogP contribution in [0.25, 0.3) is 0 Å². The summed E-state index contributed by atoms with van der Waals surface area (Å²) in [4.78, 5) is 37.8. The van der Waals surface area contributed by atoms with Crippen molar-refractivity contribution in [3.63, 3.8) is 0 Å². The van der Waals surface area contributed by atoms with E-state index in [1.165, 1.54) is 5.56 Å². The van der Waals surface area contributed by atoms with Gasteiger partial charge in [-0.25, -0.2) is 18.1 Å². The fourth-order valence-electron chi connectivity index (χ4n) is 6.63. The zero-order valence-corrected chi connectivity index (χ0v) is 31.8. The summed E-state index contributed by atoms with van der Waals surface area (Å²) in [7, 11) is -1.52. The van der Waals surface area contributed by atoms with Gasteiger partial charge in [0, 0.05) is 72.1 Å². The van der Waals surface area contributed by atoms with Gasteiger partial charge in [0.2, 0.25) is 27.8 Å². The van der Waals surface area contributed by atoms with Gasteiger partial charge in [0.25, 0.3) is 0 Å². The smallest absolute Gasteiger partial charge is 0.249 e. The summed E-state index contributed by atoms with van der Waals surface area (Å²) < 4.78 is 28.4. The van der Waals surface area contributed by atoms with Gasteiger partial charge in [0.1, 0.15) is 11.9 Å². The average Bonchev–Trinajstić information content (AvgIpc) is 3.11. The van der Waals surface area contributed by atoms with Crippen LogP contribution in [-0.2, 0) is 26.2 Å². The molecular formula is C39H49N9O4S. The van der Waals surface area contributed by atoms with Crippen LogP contribution in [-0.4, -0.2) is 72.9 Å². The molecule has 280 valence electrons. The molecular weight excluding hydrogens is 691 g/mol. The van der Waals surface area contributed by atoms with E-state index in [9.17, 15) is 18.0 Å². The normalized spacial score (nSPS) is 17.1. The lowest BCUT2D eigenvalue weighted by molar-refractivity contribution is -0.133. The Hall–Kier alpha value is -5.05. The number of hydrogen-bond donors (Lipinski definition) is 5. The Kier molecular flexibility index (Phi) is 11.3. The minimum absolute atomic E-state index is 0.169. The van der Waals surface area contributed by atoms with Gasteiger partial charge in [0.15, 0.2) is 0 Å². The Labute approximate surface area is 312 Å². The van der Waals surface area contributed by atoms with E-state index in [4.69, 9.17) is 0 Å². The summed E-state index contributed by atoms with van der Waals surface area (Å²) in [5, 5.41) is 12.2. The van der Waals surface area contributed by atoms with Crippen molar-refractivity contribution in [3.05, 3.63) is 90.1 Å². The Morgan fingerprint density at radius 3 is 2.34 bits per heavy atom. The van der Waals surface area contributed by atoms with E-state index in [1.54, 1.807) is 51.2 Å². The van der Waals surface area contributed by atoms with Crippen molar-refractivity contribution in [2.24, 2.45) is 0 Å². The summed E-state index contributed by atoms with van der Waals surface area (Å²) in [6, 6.07) is 23.1. The lowest BCUT2D eigenvalue weighted by Gasteiger charge is -2.38. The average molecular weight is 740 g/mol. The number of sulfonamides is 1. The van der Waals surface area contributed by atoms with Gasteiger partial charge >= 0.3 is 0 Å². The minimum Gasteiger partial charge on any atom is -0.374 e. The van der Waals surface area contributed by atoms with Crippen LogP contribution < -0.4 is 30.9 Å². The van der Waals surface area contributed by atoms with E-state index in [2.05, 4.69) is 77.1 Å². The fourth-order valence-corrected chi connectivity index (χ4v) is 8.09. The highest BCUT2D eigenvalue weighted by molar-refractivity contribution is 7.89. The summed E-state index contributed by atoms with van der Waals surface area (Å²) in [6.07, 6.45) is 4.65. The molecule has 1 atom stereocenters. The van der Waals surface area contributed by atoms with Crippen molar-refractivity contribution in [2.75, 3.05) is 41.0 Å². The Bertz CT molecular complexity index is 2040. The molecule has 0 radical (unpaired) electrons. The van der Waals surface area contributed by atoms with E-state index >= 15 is 0 Å². The molecule has 6 rings (SSSR count). The largest absolute Gasteiger partial charge is 0.374 e. The summed E-state index contributed by atoms with van der Waals surface area (Å²) >= 11 is 0. The van der Waals surface area contributed by atoms with Crippen molar-refractivity contribution in [2.45, 2.75) is 82.4 Å². The topological polar surface area (TPSA) is 161 Å². The maximum Gasteiger partial charge on any atom is 0.249 e. The maximum absolute atomic E-state index is 12.9. The molecule has 2 aliphatic heterocycles. The molecule has 1 unspecified atom stereocenters. The molecule has 53 heavy (non-hydrogen) atoms. The van der Waals surface area contributed by atoms with Gasteiger partial charge < -0.3 is 20.9 Å². The van der Waals surface area contributed by atoms with Crippen LogP contribution in [0.1, 0.15) is 57.6 Å². The van der Waals surface area contributed by atoms with E-state index in [0.717, 1.165) is 55.1 Å². The van der Waals surface area contributed by atoms with Gasteiger partial charge in [-0.2, -0.15) is 4.98 Å². The molecule has 5 N–H and O–H groups in total. The first-order chi connectivity index (χ1) is 25.2. The first kappa shape index (κ1) is 37.7. The van der Waals surface area contributed by atoms with E-state index in [-0.39, 0.29) is 16.7 Å². The molecule has 2 saturated heterocycles. The highest BCUT2D eigenvalue weighted by atomic mass is 32.2. The Morgan fingerprint density at radius 2 is 1.62 bits per heavy atom. The highest BCUT2D eigenvalue weighted by Gasteiger charge is 2.27. The predicted molar refractivity (Wildman–Crippen MR) is 209 cm³/mol. The molecule has 3 aromatic carbocycles. The number of rotatable bonds is 12. The molecule has 3 heterocycles. The first-order valence-electron chi connectivity index (χ1n) is 18.0. The quantitative estimate of drug-likeness (QED) is 0.114. The second-order valence-corrected chi connectivity index (χ2v) is 16.6. The van der Waals surface area contributed by atoms with Crippen LogP contribution in [0, 0.1) is 6.92 Å². The molecule has 0 aliphatic carbocycles. The van der Waals surface area contributed by atoms with E-state index in [0.29, 0.717) is 36.3 Å². The second-order valence-electron chi connectivity index (χ2n) is 14.9. The van der Waals surface area contributed by atoms with E-state index in [1.807, 2.05) is 31.2 Å². The molecule has 0 spiro atoms. The summed E-state index contributed by atoms with van der Waals surface area (Å²) in [6.45, 7) is 10.0. The van der Waals surface area contributed by atoms with Crippen molar-refractivity contribution < 1.29 is 18.0 Å². The molecule has 2 aliphatic rings. The van der Waals surface area contributed by atoms with Crippen LogP contribution >= 0.6 is 0 Å². The van der Waals surface area contributed by atoms with Crippen molar-refractivity contribution >= 4 is 56.4 Å². The monoisotopic (exact) mass is 739 g/mol. The van der Waals surface area contributed by atoms with E-state index < -0.39 is 21.6 Å². The third-order valence-corrected chi connectivity index (χ3v) is 11.1. The molecule has 2 amide bonds. The summed E-state index contributed by atoms with van der Waals surface area (Å²) in [5.74, 6) is 0.510. The van der Waals surface area contributed by atoms with Gasteiger partial charge in [0.05, 0.1) is 4.90 Å².